The van der Waals surface area contributed by atoms with Crippen molar-refractivity contribution in [1.29, 1.82) is 0 Å². The third-order valence-corrected chi connectivity index (χ3v) is 9.80. The van der Waals surface area contributed by atoms with Gasteiger partial charge in [-0.3, -0.25) is 4.79 Å². The number of halogens is 1. The van der Waals surface area contributed by atoms with E-state index in [1.54, 1.807) is 0 Å². The average Bonchev–Trinajstić information content (AvgIpc) is 2.78. The standard InChI is InChI=1S/C26H30O2P.BrH/c1-2-28-26(27)21-13-6-14-22-29(23-15-7-3-8-16-23,24-17-9-4-10-18-24)25-19-11-5-12-20-25;/h3-5,7-12,15-20H,2,6,13-14,21-22H2,1H3;1H/q+1;/p-1. The fourth-order valence-corrected chi connectivity index (χ4v) is 8.32. The van der Waals surface area contributed by atoms with Crippen LogP contribution in [0.5, 0.6) is 0 Å². The van der Waals surface area contributed by atoms with E-state index in [1.807, 2.05) is 6.92 Å². The Kier molecular flexibility index (Phi) is 10.3. The molecule has 3 aromatic rings. The first-order valence-electron chi connectivity index (χ1n) is 10.5. The van der Waals surface area contributed by atoms with Crippen LogP contribution in [0.4, 0.5) is 0 Å². The van der Waals surface area contributed by atoms with Gasteiger partial charge < -0.3 is 21.7 Å². The molecule has 0 saturated carbocycles. The van der Waals surface area contributed by atoms with Crippen LogP contribution in [0.1, 0.15) is 32.6 Å². The van der Waals surface area contributed by atoms with Crippen LogP contribution in [-0.4, -0.2) is 18.7 Å². The summed E-state index contributed by atoms with van der Waals surface area (Å²) in [7, 11) is -1.75. The lowest BCUT2D eigenvalue weighted by Gasteiger charge is -2.27. The lowest BCUT2D eigenvalue weighted by Crippen LogP contribution is -3.00. The second-order valence-corrected chi connectivity index (χ2v) is 10.8. The molecule has 158 valence electrons. The molecule has 0 aliphatic carbocycles. The van der Waals surface area contributed by atoms with Crippen molar-refractivity contribution in [2.24, 2.45) is 0 Å². The summed E-state index contributed by atoms with van der Waals surface area (Å²) >= 11 is 0. The summed E-state index contributed by atoms with van der Waals surface area (Å²) in [5.41, 5.74) is 0. The number of hydrogen-bond acceptors (Lipinski definition) is 2. The number of ether oxygens (including phenoxy) is 1. The highest BCUT2D eigenvalue weighted by Crippen LogP contribution is 2.55. The van der Waals surface area contributed by atoms with Crippen LogP contribution >= 0.6 is 7.26 Å². The monoisotopic (exact) mass is 484 g/mol. The summed E-state index contributed by atoms with van der Waals surface area (Å²) in [6, 6.07) is 32.9. The molecule has 0 bridgehead atoms. The summed E-state index contributed by atoms with van der Waals surface area (Å²) in [4.78, 5) is 11.7. The summed E-state index contributed by atoms with van der Waals surface area (Å²) < 4.78 is 5.07. The molecular formula is C26H30BrO2P. The van der Waals surface area contributed by atoms with Crippen LogP contribution in [0, 0.1) is 0 Å². The smallest absolute Gasteiger partial charge is 0.305 e. The minimum atomic E-state index is -1.75. The molecule has 0 amide bonds. The molecule has 2 nitrogen and oxygen atoms in total. The zero-order valence-corrected chi connectivity index (χ0v) is 20.0. The quantitative estimate of drug-likeness (QED) is 0.250. The maximum atomic E-state index is 11.7. The zero-order chi connectivity index (χ0) is 20.4. The average molecular weight is 485 g/mol. The van der Waals surface area contributed by atoms with Crippen molar-refractivity contribution in [3.05, 3.63) is 91.0 Å². The Bertz CT molecular complexity index is 773. The lowest BCUT2D eigenvalue weighted by molar-refractivity contribution is -0.143. The van der Waals surface area contributed by atoms with E-state index in [1.165, 1.54) is 15.9 Å². The second kappa shape index (κ2) is 12.7. The van der Waals surface area contributed by atoms with Gasteiger partial charge in [-0.15, -0.1) is 0 Å². The van der Waals surface area contributed by atoms with Gasteiger partial charge in [0.25, 0.3) is 0 Å². The Morgan fingerprint density at radius 1 is 0.700 bits per heavy atom. The van der Waals surface area contributed by atoms with E-state index in [0.29, 0.717) is 13.0 Å². The summed E-state index contributed by atoms with van der Waals surface area (Å²) in [6.45, 7) is 2.32. The second-order valence-electron chi connectivity index (χ2n) is 7.16. The Morgan fingerprint density at radius 2 is 1.13 bits per heavy atom. The predicted molar refractivity (Wildman–Crippen MR) is 125 cm³/mol. The van der Waals surface area contributed by atoms with Gasteiger partial charge >= 0.3 is 5.97 Å². The van der Waals surface area contributed by atoms with Crippen molar-refractivity contribution in [3.63, 3.8) is 0 Å². The number of carbonyl (C=O) groups excluding carboxylic acids is 1. The van der Waals surface area contributed by atoms with Gasteiger partial charge in [-0.05, 0) is 62.6 Å². The first-order chi connectivity index (χ1) is 14.3. The molecule has 0 heterocycles. The van der Waals surface area contributed by atoms with Crippen molar-refractivity contribution in [2.45, 2.75) is 32.6 Å². The van der Waals surface area contributed by atoms with E-state index in [2.05, 4.69) is 91.0 Å². The van der Waals surface area contributed by atoms with Crippen LogP contribution in [0.3, 0.4) is 0 Å². The largest absolute Gasteiger partial charge is 1.00 e. The molecule has 3 aromatic carbocycles. The van der Waals surface area contributed by atoms with Gasteiger partial charge in [0.1, 0.15) is 23.2 Å². The fraction of sp³-hybridized carbons (Fsp3) is 0.269. The molecule has 0 saturated heterocycles. The number of carbonyl (C=O) groups is 1. The summed E-state index contributed by atoms with van der Waals surface area (Å²) in [5, 5.41) is 4.26. The van der Waals surface area contributed by atoms with E-state index in [0.717, 1.165) is 25.4 Å². The minimum absolute atomic E-state index is 0. The van der Waals surface area contributed by atoms with E-state index in [9.17, 15) is 4.79 Å². The Balaban J connectivity index is 0.00000320. The molecule has 0 spiro atoms. The Labute approximate surface area is 191 Å². The molecule has 0 aromatic heterocycles. The van der Waals surface area contributed by atoms with E-state index in [-0.39, 0.29) is 23.0 Å². The highest BCUT2D eigenvalue weighted by atomic mass is 79.9. The van der Waals surface area contributed by atoms with E-state index >= 15 is 0 Å². The maximum Gasteiger partial charge on any atom is 0.305 e. The molecule has 30 heavy (non-hydrogen) atoms. The molecule has 0 fully saturated rings. The molecule has 4 heteroatoms. The molecule has 0 aliphatic heterocycles. The number of benzene rings is 3. The van der Waals surface area contributed by atoms with Crippen LogP contribution in [0.15, 0.2) is 91.0 Å². The molecule has 0 radical (unpaired) electrons. The van der Waals surface area contributed by atoms with Crippen LogP contribution in [0.25, 0.3) is 0 Å². The Hall–Kier alpha value is -1.96. The van der Waals surface area contributed by atoms with Gasteiger partial charge in [-0.25, -0.2) is 0 Å². The zero-order valence-electron chi connectivity index (χ0n) is 17.5. The van der Waals surface area contributed by atoms with Gasteiger partial charge in [0.05, 0.1) is 12.8 Å². The normalized spacial score (nSPS) is 10.8. The van der Waals surface area contributed by atoms with Gasteiger partial charge in [0, 0.05) is 6.42 Å². The van der Waals surface area contributed by atoms with Gasteiger partial charge in [-0.1, -0.05) is 54.6 Å². The molecule has 0 aliphatic rings. The van der Waals surface area contributed by atoms with Gasteiger partial charge in [0.15, 0.2) is 0 Å². The summed E-state index contributed by atoms with van der Waals surface area (Å²) in [5.74, 6) is -0.0808. The first-order valence-corrected chi connectivity index (χ1v) is 12.5. The molecular weight excluding hydrogens is 455 g/mol. The number of esters is 1. The highest BCUT2D eigenvalue weighted by molar-refractivity contribution is 7.95. The number of unbranched alkanes of at least 4 members (excludes halogenated alkanes) is 2. The summed E-state index contributed by atoms with van der Waals surface area (Å²) in [6.07, 6.45) is 4.63. The Morgan fingerprint density at radius 3 is 1.53 bits per heavy atom. The lowest BCUT2D eigenvalue weighted by atomic mass is 10.2. The van der Waals surface area contributed by atoms with E-state index < -0.39 is 7.26 Å². The molecule has 3 rings (SSSR count). The molecule has 0 atom stereocenters. The van der Waals surface area contributed by atoms with Crippen molar-refractivity contribution in [2.75, 3.05) is 12.8 Å². The minimum Gasteiger partial charge on any atom is -1.00 e. The van der Waals surface area contributed by atoms with Crippen LogP contribution in [0.2, 0.25) is 0 Å². The first kappa shape index (κ1) is 24.3. The maximum absolute atomic E-state index is 11.7. The molecule has 0 unspecified atom stereocenters. The van der Waals surface area contributed by atoms with Crippen LogP contribution in [-0.2, 0) is 9.53 Å². The SMILES string of the molecule is CCOC(=O)CCCCC[P+](c1ccccc1)(c1ccccc1)c1ccccc1.[Br-]. The van der Waals surface area contributed by atoms with Crippen molar-refractivity contribution < 1.29 is 26.5 Å². The van der Waals surface area contributed by atoms with Crippen molar-refractivity contribution in [1.82, 2.24) is 0 Å². The van der Waals surface area contributed by atoms with Crippen molar-refractivity contribution in [3.8, 4) is 0 Å². The third-order valence-electron chi connectivity index (χ3n) is 5.27. The molecule has 0 N–H and O–H groups in total. The van der Waals surface area contributed by atoms with E-state index in [4.69, 9.17) is 4.74 Å². The predicted octanol–water partition coefficient (Wildman–Crippen LogP) is 2.11. The number of rotatable bonds is 10. The third kappa shape index (κ3) is 6.03. The fourth-order valence-electron chi connectivity index (χ4n) is 3.91. The topological polar surface area (TPSA) is 26.3 Å². The highest BCUT2D eigenvalue weighted by Gasteiger charge is 2.44. The van der Waals surface area contributed by atoms with Gasteiger partial charge in [-0.2, -0.15) is 0 Å². The van der Waals surface area contributed by atoms with Gasteiger partial charge in [0.2, 0.25) is 0 Å². The number of hydrogen-bond donors (Lipinski definition) is 0. The van der Waals surface area contributed by atoms with Crippen LogP contribution < -0.4 is 32.9 Å². The van der Waals surface area contributed by atoms with Crippen molar-refractivity contribution >= 4 is 29.1 Å².